The number of aromatic nitrogens is 3. The van der Waals surface area contributed by atoms with Gasteiger partial charge in [0.05, 0.1) is 23.6 Å². The van der Waals surface area contributed by atoms with Gasteiger partial charge in [0, 0.05) is 12.2 Å². The minimum Gasteiger partial charge on any atom is -0.492 e. The first-order valence-corrected chi connectivity index (χ1v) is 10.6. The van der Waals surface area contributed by atoms with Gasteiger partial charge >= 0.3 is 0 Å². The highest BCUT2D eigenvalue weighted by molar-refractivity contribution is 7.99. The number of rotatable bonds is 8. The van der Waals surface area contributed by atoms with E-state index in [0.29, 0.717) is 40.8 Å². The molecule has 0 aliphatic carbocycles. The highest BCUT2D eigenvalue weighted by Crippen LogP contribution is 2.25. The van der Waals surface area contributed by atoms with Gasteiger partial charge in [-0.25, -0.2) is 4.98 Å². The van der Waals surface area contributed by atoms with Gasteiger partial charge in [-0.2, -0.15) is 0 Å². The van der Waals surface area contributed by atoms with Crippen molar-refractivity contribution in [2.75, 3.05) is 17.7 Å². The molecule has 0 radical (unpaired) electrons. The number of ether oxygens (including phenoxy) is 1. The van der Waals surface area contributed by atoms with Gasteiger partial charge in [0.1, 0.15) is 11.3 Å². The molecular formula is C21H26N4O3S. The van der Waals surface area contributed by atoms with Crippen LogP contribution in [0.2, 0.25) is 0 Å². The largest absolute Gasteiger partial charge is 0.492 e. The molecule has 3 aromatic rings. The predicted octanol–water partition coefficient (Wildman–Crippen LogP) is 3.82. The number of carbonyl (C=O) groups is 1. The van der Waals surface area contributed by atoms with Gasteiger partial charge in [0.15, 0.2) is 5.16 Å². The Balaban J connectivity index is 1.81. The molecule has 0 bridgehead atoms. The first kappa shape index (κ1) is 21.0. The Morgan fingerprint density at radius 3 is 2.83 bits per heavy atom. The molecule has 154 valence electrons. The average molecular weight is 415 g/mol. The molecule has 0 spiro atoms. The van der Waals surface area contributed by atoms with Crippen LogP contribution in [0.25, 0.3) is 11.0 Å². The summed E-state index contributed by atoms with van der Waals surface area (Å²) in [6, 6.07) is 9.16. The van der Waals surface area contributed by atoms with Gasteiger partial charge in [-0.1, -0.05) is 37.7 Å². The minimum absolute atomic E-state index is 0.110. The second-order valence-electron chi connectivity index (χ2n) is 7.18. The number of thioether (sulfide) groups is 1. The van der Waals surface area contributed by atoms with Gasteiger partial charge in [-0.05, 0) is 38.0 Å². The lowest BCUT2D eigenvalue weighted by Crippen LogP contribution is -2.26. The van der Waals surface area contributed by atoms with Crippen LogP contribution < -0.4 is 15.6 Å². The van der Waals surface area contributed by atoms with Crippen LogP contribution in [0.15, 0.2) is 40.3 Å². The number of nitrogens with zero attached hydrogens (tertiary/aromatic N) is 2. The molecule has 2 heterocycles. The van der Waals surface area contributed by atoms with E-state index in [0.717, 1.165) is 5.69 Å². The van der Waals surface area contributed by atoms with E-state index in [1.807, 2.05) is 52.0 Å². The van der Waals surface area contributed by atoms with Crippen molar-refractivity contribution in [3.05, 3.63) is 46.4 Å². The molecule has 3 rings (SSSR count). The van der Waals surface area contributed by atoms with Gasteiger partial charge in [-0.15, -0.1) is 0 Å². The first-order valence-electron chi connectivity index (χ1n) is 9.63. The molecule has 0 saturated heterocycles. The summed E-state index contributed by atoms with van der Waals surface area (Å²) in [5.41, 5.74) is 2.53. The zero-order valence-electron chi connectivity index (χ0n) is 17.1. The minimum atomic E-state index is -0.183. The molecule has 7 nitrogen and oxygen atoms in total. The molecule has 1 amide bonds. The summed E-state index contributed by atoms with van der Waals surface area (Å²) in [5.74, 6) is 0.861. The summed E-state index contributed by atoms with van der Waals surface area (Å²) in [7, 11) is 0. The lowest BCUT2D eigenvalue weighted by molar-refractivity contribution is -0.113. The van der Waals surface area contributed by atoms with Crippen LogP contribution in [0, 0.1) is 12.8 Å². The molecule has 0 unspecified atom stereocenters. The fourth-order valence-corrected chi connectivity index (χ4v) is 3.82. The number of benzene rings is 1. The Hall–Kier alpha value is -2.74. The lowest BCUT2D eigenvalue weighted by Gasteiger charge is -2.14. The number of aryl methyl sites for hydroxylation is 1. The SMILES string of the molecule is CCOc1ccccc1NC(=O)CSc1nc2cc(C)[nH]c2c(=O)n1CC(C)C. The van der Waals surface area contributed by atoms with Gasteiger partial charge in [-0.3, -0.25) is 14.2 Å². The second-order valence-corrected chi connectivity index (χ2v) is 8.13. The van der Waals surface area contributed by atoms with Crippen molar-refractivity contribution in [1.29, 1.82) is 0 Å². The molecule has 0 fully saturated rings. The van der Waals surface area contributed by atoms with E-state index in [4.69, 9.17) is 4.74 Å². The fraction of sp³-hybridized carbons (Fsp3) is 0.381. The maximum Gasteiger partial charge on any atom is 0.278 e. The third kappa shape index (κ3) is 5.00. The maximum absolute atomic E-state index is 12.9. The number of anilines is 1. The number of hydrogen-bond acceptors (Lipinski definition) is 5. The Morgan fingerprint density at radius 1 is 1.34 bits per heavy atom. The molecule has 0 aliphatic rings. The standard InChI is InChI=1S/C21H26N4O3S/c1-5-28-17-9-7-6-8-15(17)23-18(26)12-29-21-24-16-10-14(4)22-19(16)20(27)25(21)11-13(2)3/h6-10,13,22H,5,11-12H2,1-4H3,(H,23,26). The van der Waals surface area contributed by atoms with Crippen molar-refractivity contribution < 1.29 is 9.53 Å². The Bertz CT molecular complexity index is 1070. The summed E-state index contributed by atoms with van der Waals surface area (Å²) in [5, 5.41) is 3.42. The third-order valence-corrected chi connectivity index (χ3v) is 5.16. The normalized spacial score (nSPS) is 11.2. The summed E-state index contributed by atoms with van der Waals surface area (Å²) < 4.78 is 7.19. The van der Waals surface area contributed by atoms with Crippen molar-refractivity contribution in [1.82, 2.24) is 14.5 Å². The highest BCUT2D eigenvalue weighted by atomic mass is 32.2. The predicted molar refractivity (Wildman–Crippen MR) is 117 cm³/mol. The quantitative estimate of drug-likeness (QED) is 0.432. The van der Waals surface area contributed by atoms with E-state index in [2.05, 4.69) is 15.3 Å². The second kappa shape index (κ2) is 9.17. The molecular weight excluding hydrogens is 388 g/mol. The van der Waals surface area contributed by atoms with Crippen molar-refractivity contribution in [3.63, 3.8) is 0 Å². The fourth-order valence-electron chi connectivity index (χ4n) is 3.01. The topological polar surface area (TPSA) is 89.0 Å². The van der Waals surface area contributed by atoms with Crippen LogP contribution in [0.1, 0.15) is 26.5 Å². The van der Waals surface area contributed by atoms with Crippen LogP contribution in [-0.2, 0) is 11.3 Å². The van der Waals surface area contributed by atoms with Crippen molar-refractivity contribution >= 4 is 34.4 Å². The first-order chi connectivity index (χ1) is 13.9. The summed E-state index contributed by atoms with van der Waals surface area (Å²) in [6.45, 7) is 8.93. The van der Waals surface area contributed by atoms with Crippen LogP contribution in [0.4, 0.5) is 5.69 Å². The molecule has 0 atom stereocenters. The number of hydrogen-bond donors (Lipinski definition) is 2. The Kier molecular flexibility index (Phi) is 6.64. The van der Waals surface area contributed by atoms with Gasteiger partial charge < -0.3 is 15.0 Å². The summed E-state index contributed by atoms with van der Waals surface area (Å²) in [6.07, 6.45) is 0. The van der Waals surface area contributed by atoms with Crippen LogP contribution in [0.3, 0.4) is 0 Å². The van der Waals surface area contributed by atoms with Crippen LogP contribution in [0.5, 0.6) is 5.75 Å². The number of aromatic amines is 1. The van der Waals surface area contributed by atoms with E-state index in [9.17, 15) is 9.59 Å². The molecule has 0 saturated carbocycles. The Morgan fingerprint density at radius 2 is 2.10 bits per heavy atom. The third-order valence-electron chi connectivity index (χ3n) is 4.18. The highest BCUT2D eigenvalue weighted by Gasteiger charge is 2.16. The number of nitrogens with one attached hydrogen (secondary N) is 2. The number of para-hydroxylation sites is 2. The summed E-state index contributed by atoms with van der Waals surface area (Å²) >= 11 is 1.26. The number of amides is 1. The van der Waals surface area contributed by atoms with E-state index < -0.39 is 0 Å². The number of H-pyrrole nitrogens is 1. The van der Waals surface area contributed by atoms with Crippen LogP contribution >= 0.6 is 11.8 Å². The Labute approximate surface area is 173 Å². The molecule has 2 aromatic heterocycles. The van der Waals surface area contributed by atoms with Crippen molar-refractivity contribution in [2.45, 2.75) is 39.4 Å². The molecule has 1 aromatic carbocycles. The van der Waals surface area contributed by atoms with Gasteiger partial charge in [0.2, 0.25) is 5.91 Å². The van der Waals surface area contributed by atoms with Gasteiger partial charge in [0.25, 0.3) is 5.56 Å². The zero-order valence-corrected chi connectivity index (χ0v) is 17.9. The number of fused-ring (bicyclic) bond motifs is 1. The van der Waals surface area contributed by atoms with E-state index in [-0.39, 0.29) is 23.1 Å². The molecule has 2 N–H and O–H groups in total. The zero-order chi connectivity index (χ0) is 21.0. The number of carbonyl (C=O) groups excluding carboxylic acids is 1. The molecule has 29 heavy (non-hydrogen) atoms. The van der Waals surface area contributed by atoms with Crippen molar-refractivity contribution in [2.24, 2.45) is 5.92 Å². The van der Waals surface area contributed by atoms with Crippen molar-refractivity contribution in [3.8, 4) is 5.75 Å². The van der Waals surface area contributed by atoms with E-state index in [1.165, 1.54) is 11.8 Å². The monoisotopic (exact) mass is 414 g/mol. The maximum atomic E-state index is 12.9. The van der Waals surface area contributed by atoms with Crippen LogP contribution in [-0.4, -0.2) is 32.8 Å². The molecule has 8 heteroatoms. The average Bonchev–Trinajstić information content (AvgIpc) is 3.05. The van der Waals surface area contributed by atoms with E-state index >= 15 is 0 Å². The lowest BCUT2D eigenvalue weighted by atomic mass is 10.2. The molecule has 0 aliphatic heterocycles. The summed E-state index contributed by atoms with van der Waals surface area (Å²) in [4.78, 5) is 33.1. The van der Waals surface area contributed by atoms with E-state index in [1.54, 1.807) is 10.6 Å². The smallest absolute Gasteiger partial charge is 0.278 e.